The number of anilines is 1. The standard InChI is InChI=1S/C26H35F3N4O2/c1-18(2)13-20(34)8-6-4-3-5-7-19-14-23(32-25(15-19)33-9-11-35-12-10-33)21-17-31-24(30)16-22(21)26(27,28)29/h13,15-17,20,23,25,32,34H,3-4,6,8-12,14H2,1-2H3,(H2,30,31). The van der Waals surface area contributed by atoms with E-state index in [0.717, 1.165) is 30.1 Å². The van der Waals surface area contributed by atoms with Crippen LogP contribution in [0, 0.1) is 11.8 Å². The summed E-state index contributed by atoms with van der Waals surface area (Å²) in [6.45, 7) is 6.43. The minimum absolute atomic E-state index is 0.0746. The highest BCUT2D eigenvalue weighted by Crippen LogP contribution is 2.38. The predicted octanol–water partition coefficient (Wildman–Crippen LogP) is 4.19. The molecule has 0 saturated carbocycles. The largest absolute Gasteiger partial charge is 0.416 e. The number of allylic oxidation sites excluding steroid dienone is 1. The van der Waals surface area contributed by atoms with E-state index in [1.54, 1.807) is 0 Å². The third-order valence-corrected chi connectivity index (χ3v) is 6.06. The van der Waals surface area contributed by atoms with Gasteiger partial charge in [0.1, 0.15) is 5.82 Å². The van der Waals surface area contributed by atoms with Gasteiger partial charge in [-0.3, -0.25) is 10.2 Å². The molecule has 3 atom stereocenters. The summed E-state index contributed by atoms with van der Waals surface area (Å²) in [5, 5.41) is 13.3. The zero-order chi connectivity index (χ0) is 25.4. The average molecular weight is 493 g/mol. The molecule has 3 heterocycles. The highest BCUT2D eigenvalue weighted by Gasteiger charge is 2.38. The molecule has 192 valence electrons. The molecule has 1 fully saturated rings. The van der Waals surface area contributed by atoms with E-state index in [-0.39, 0.29) is 17.5 Å². The van der Waals surface area contributed by atoms with Crippen LogP contribution in [0.5, 0.6) is 0 Å². The molecule has 1 saturated heterocycles. The number of halogens is 3. The number of morpholine rings is 1. The van der Waals surface area contributed by atoms with Crippen molar-refractivity contribution in [2.75, 3.05) is 32.0 Å². The van der Waals surface area contributed by atoms with E-state index in [0.29, 0.717) is 45.6 Å². The van der Waals surface area contributed by atoms with Crippen molar-refractivity contribution in [3.63, 3.8) is 0 Å². The van der Waals surface area contributed by atoms with Crippen molar-refractivity contribution < 1.29 is 23.0 Å². The summed E-state index contributed by atoms with van der Waals surface area (Å²) in [5.74, 6) is 6.21. The van der Waals surface area contributed by atoms with Crippen LogP contribution in [0.25, 0.3) is 0 Å². The number of rotatable bonds is 7. The number of nitrogens with one attached hydrogen (secondary N) is 1. The molecular formula is C26H35F3N4O2. The van der Waals surface area contributed by atoms with Gasteiger partial charge in [-0.25, -0.2) is 4.98 Å². The van der Waals surface area contributed by atoms with E-state index in [1.165, 1.54) is 6.20 Å². The van der Waals surface area contributed by atoms with Crippen molar-refractivity contribution >= 4 is 5.82 Å². The van der Waals surface area contributed by atoms with Gasteiger partial charge in [0.15, 0.2) is 0 Å². The topological polar surface area (TPSA) is 83.6 Å². The monoisotopic (exact) mass is 492 g/mol. The fourth-order valence-corrected chi connectivity index (χ4v) is 4.37. The van der Waals surface area contributed by atoms with Gasteiger partial charge in [-0.05, 0) is 51.7 Å². The summed E-state index contributed by atoms with van der Waals surface area (Å²) in [6.07, 6.45) is 3.24. The molecule has 0 radical (unpaired) electrons. The fraction of sp³-hybridized carbons (Fsp3) is 0.577. The van der Waals surface area contributed by atoms with Gasteiger partial charge >= 0.3 is 6.18 Å². The van der Waals surface area contributed by atoms with Gasteiger partial charge in [-0.15, -0.1) is 0 Å². The molecule has 0 aromatic carbocycles. The van der Waals surface area contributed by atoms with E-state index in [1.807, 2.05) is 26.0 Å². The number of aromatic nitrogens is 1. The zero-order valence-electron chi connectivity index (χ0n) is 20.4. The van der Waals surface area contributed by atoms with Crippen molar-refractivity contribution in [3.05, 3.63) is 46.7 Å². The first kappa shape index (κ1) is 27.2. The lowest BCUT2D eigenvalue weighted by Gasteiger charge is -2.39. The summed E-state index contributed by atoms with van der Waals surface area (Å²) in [5.41, 5.74) is 6.76. The number of unbranched alkanes of at least 4 members (excludes halogenated alkanes) is 2. The molecule has 0 bridgehead atoms. The second kappa shape index (κ2) is 12.5. The van der Waals surface area contributed by atoms with Crippen LogP contribution in [-0.4, -0.2) is 53.6 Å². The Bertz CT molecular complexity index is 971. The van der Waals surface area contributed by atoms with Crippen LogP contribution in [0.2, 0.25) is 0 Å². The van der Waals surface area contributed by atoms with Crippen LogP contribution in [0.15, 0.2) is 35.6 Å². The highest BCUT2D eigenvalue weighted by atomic mass is 19.4. The number of hydrogen-bond acceptors (Lipinski definition) is 6. The highest BCUT2D eigenvalue weighted by molar-refractivity contribution is 5.43. The lowest BCUT2D eigenvalue weighted by atomic mass is 9.92. The van der Waals surface area contributed by atoms with Crippen LogP contribution in [0.4, 0.5) is 19.0 Å². The van der Waals surface area contributed by atoms with E-state index < -0.39 is 23.9 Å². The molecular weight excluding hydrogens is 457 g/mol. The lowest BCUT2D eigenvalue weighted by molar-refractivity contribution is -0.138. The van der Waals surface area contributed by atoms with Crippen molar-refractivity contribution in [2.24, 2.45) is 0 Å². The van der Waals surface area contributed by atoms with E-state index in [9.17, 15) is 18.3 Å². The maximum absolute atomic E-state index is 13.8. The SMILES string of the molecule is CC(C)=CC(O)CCCCC#CC1=CC(N2CCOCC2)NC(c2cnc(N)cc2C(F)(F)F)C1. The Morgan fingerprint density at radius 3 is 2.77 bits per heavy atom. The number of nitrogens with zero attached hydrogens (tertiary/aromatic N) is 2. The first-order valence-corrected chi connectivity index (χ1v) is 12.1. The number of alkyl halides is 3. The molecule has 6 nitrogen and oxygen atoms in total. The summed E-state index contributed by atoms with van der Waals surface area (Å²) < 4.78 is 46.8. The van der Waals surface area contributed by atoms with Gasteiger partial charge in [0.2, 0.25) is 0 Å². The van der Waals surface area contributed by atoms with Crippen LogP contribution in [0.3, 0.4) is 0 Å². The van der Waals surface area contributed by atoms with Gasteiger partial charge in [-0.1, -0.05) is 23.5 Å². The van der Waals surface area contributed by atoms with E-state index in [4.69, 9.17) is 10.5 Å². The first-order chi connectivity index (χ1) is 16.6. The van der Waals surface area contributed by atoms with Gasteiger partial charge in [0, 0.05) is 42.9 Å². The number of pyridine rings is 1. The van der Waals surface area contributed by atoms with Crippen LogP contribution < -0.4 is 11.1 Å². The smallest absolute Gasteiger partial charge is 0.389 e. The summed E-state index contributed by atoms with van der Waals surface area (Å²) in [4.78, 5) is 6.10. The molecule has 0 amide bonds. The quantitative estimate of drug-likeness (QED) is 0.301. The number of ether oxygens (including phenoxy) is 1. The van der Waals surface area contributed by atoms with Gasteiger partial charge in [0.25, 0.3) is 0 Å². The summed E-state index contributed by atoms with van der Waals surface area (Å²) in [7, 11) is 0. The van der Waals surface area contributed by atoms with Crippen molar-refractivity contribution in [3.8, 4) is 11.8 Å². The molecule has 3 rings (SSSR count). The van der Waals surface area contributed by atoms with Gasteiger partial charge in [0.05, 0.1) is 31.0 Å². The Balaban J connectivity index is 1.73. The Morgan fingerprint density at radius 1 is 1.34 bits per heavy atom. The average Bonchev–Trinajstić information content (AvgIpc) is 2.80. The Labute approximate surface area is 205 Å². The van der Waals surface area contributed by atoms with Crippen LogP contribution >= 0.6 is 0 Å². The molecule has 9 heteroatoms. The molecule has 3 unspecified atom stereocenters. The lowest BCUT2D eigenvalue weighted by Crippen LogP contribution is -2.52. The molecule has 35 heavy (non-hydrogen) atoms. The number of aliphatic hydroxyl groups excluding tert-OH is 1. The van der Waals surface area contributed by atoms with Crippen LogP contribution in [0.1, 0.15) is 63.1 Å². The Morgan fingerprint density at radius 2 is 2.09 bits per heavy atom. The number of aliphatic hydroxyl groups is 1. The van der Waals surface area contributed by atoms with E-state index >= 15 is 0 Å². The molecule has 1 aromatic heterocycles. The summed E-state index contributed by atoms with van der Waals surface area (Å²) >= 11 is 0. The van der Waals surface area contributed by atoms with Crippen molar-refractivity contribution in [2.45, 2.75) is 70.4 Å². The number of hydrogen-bond donors (Lipinski definition) is 3. The number of nitrogen functional groups attached to an aromatic ring is 1. The molecule has 2 aliphatic rings. The predicted molar refractivity (Wildman–Crippen MR) is 130 cm³/mol. The number of nitrogens with two attached hydrogens (primary N) is 1. The molecule has 0 spiro atoms. The second-order valence-electron chi connectivity index (χ2n) is 9.26. The fourth-order valence-electron chi connectivity index (χ4n) is 4.37. The molecule has 1 aromatic rings. The normalized spacial score (nSPS) is 22.1. The third kappa shape index (κ3) is 8.36. The van der Waals surface area contributed by atoms with Crippen LogP contribution in [-0.2, 0) is 10.9 Å². The first-order valence-electron chi connectivity index (χ1n) is 12.1. The van der Waals surface area contributed by atoms with Gasteiger partial charge in [-0.2, -0.15) is 13.2 Å². The maximum atomic E-state index is 13.8. The Hall–Kier alpha value is -2.38. The van der Waals surface area contributed by atoms with Gasteiger partial charge < -0.3 is 15.6 Å². The second-order valence-corrected chi connectivity index (χ2v) is 9.26. The molecule has 4 N–H and O–H groups in total. The Kier molecular flexibility index (Phi) is 9.75. The summed E-state index contributed by atoms with van der Waals surface area (Å²) in [6, 6.07) is 0.301. The third-order valence-electron chi connectivity index (χ3n) is 6.06. The van der Waals surface area contributed by atoms with Crippen molar-refractivity contribution in [1.29, 1.82) is 0 Å². The maximum Gasteiger partial charge on any atom is 0.416 e. The zero-order valence-corrected chi connectivity index (χ0v) is 20.4. The minimum atomic E-state index is -4.54. The van der Waals surface area contributed by atoms with Crippen molar-refractivity contribution in [1.82, 2.24) is 15.2 Å². The molecule has 2 aliphatic heterocycles. The minimum Gasteiger partial charge on any atom is -0.389 e. The molecule has 0 aliphatic carbocycles. The van der Waals surface area contributed by atoms with E-state index in [2.05, 4.69) is 27.0 Å².